The van der Waals surface area contributed by atoms with E-state index in [1.54, 1.807) is 0 Å². The summed E-state index contributed by atoms with van der Waals surface area (Å²) in [6, 6.07) is 0. The van der Waals surface area contributed by atoms with Crippen LogP contribution in [0.15, 0.2) is 0 Å². The first-order chi connectivity index (χ1) is 2.00. The van der Waals surface area contributed by atoms with E-state index in [4.69, 9.17) is 19.2 Å². The van der Waals surface area contributed by atoms with E-state index < -0.39 is 7.82 Å². The van der Waals surface area contributed by atoms with Gasteiger partial charge in [0, 0.05) is 0 Å². The van der Waals surface area contributed by atoms with Crippen molar-refractivity contribution < 1.29 is 57.1 Å². The molecule has 0 aliphatic rings. The molecule has 0 bridgehead atoms. The van der Waals surface area contributed by atoms with E-state index in [9.17, 15) is 0 Å². The van der Waals surface area contributed by atoms with Crippen LogP contribution in [0.3, 0.4) is 0 Å². The fourth-order valence-electron chi connectivity index (χ4n) is 0. The van der Waals surface area contributed by atoms with Gasteiger partial charge < -0.3 is 19.2 Å². The number of phosphoric acid groups is 1. The van der Waals surface area contributed by atoms with Gasteiger partial charge in [0.15, 0.2) is 0 Å². The Hall–Kier alpha value is 1.30. The monoisotopic (exact) mass is 349 g/mol. The zero-order valence-corrected chi connectivity index (χ0v) is 6.94. The van der Waals surface area contributed by atoms with Gasteiger partial charge in [-0.15, -0.1) is 0 Å². The second-order valence-electron chi connectivity index (χ2n) is 0.447. The van der Waals surface area contributed by atoms with Crippen LogP contribution >= 0.6 is 7.82 Å². The van der Waals surface area contributed by atoms with E-state index in [2.05, 4.69) is 0 Å². The molecule has 0 aliphatic heterocycles. The first-order valence-corrected chi connectivity index (χ1v) is 2.19. The zero-order chi connectivity index (χ0) is 4.50. The van der Waals surface area contributed by atoms with Crippen LogP contribution < -0.4 is 14.7 Å². The smallest absolute Gasteiger partial charge is 0.822 e. The summed E-state index contributed by atoms with van der Waals surface area (Å²) in [5.41, 5.74) is 0. The summed E-state index contributed by atoms with van der Waals surface area (Å²) < 4.78 is 8.55. The maximum absolute atomic E-state index is 8.55. The van der Waals surface area contributed by atoms with Gasteiger partial charge >= 0.3 is 37.8 Å². The van der Waals surface area contributed by atoms with Crippen molar-refractivity contribution in [3.8, 4) is 0 Å². The quantitative estimate of drug-likeness (QED) is 0.442. The maximum Gasteiger partial charge on any atom is 2.00 e. The molecule has 47 valence electrons. The van der Waals surface area contributed by atoms with Gasteiger partial charge in [-0.2, -0.15) is 7.82 Å². The molecule has 4 nitrogen and oxygen atoms in total. The van der Waals surface area contributed by atoms with Gasteiger partial charge in [-0.25, -0.2) is 0 Å². The van der Waals surface area contributed by atoms with E-state index in [1.165, 1.54) is 0 Å². The van der Waals surface area contributed by atoms with Gasteiger partial charge in [-0.1, -0.05) is 0 Å². The van der Waals surface area contributed by atoms with Crippen molar-refractivity contribution in [2.75, 3.05) is 0 Å². The minimum atomic E-state index is -5.39. The standard InChI is InChI=1S/Co.H3O4P.Pt/c;1-5(2,3)4;/h;(H3,1,2,3,4);/q+2;;+2/p-3. The molecule has 0 aromatic heterocycles. The molecule has 0 amide bonds. The van der Waals surface area contributed by atoms with E-state index in [1.807, 2.05) is 0 Å². The molecule has 0 aromatic rings. The molecule has 0 aliphatic carbocycles. The molecule has 0 saturated carbocycles. The van der Waals surface area contributed by atoms with Crippen LogP contribution in [0.25, 0.3) is 0 Å². The zero-order valence-electron chi connectivity index (χ0n) is 2.73. The van der Waals surface area contributed by atoms with Gasteiger partial charge in [-0.05, 0) is 0 Å². The van der Waals surface area contributed by atoms with Crippen LogP contribution in [0.4, 0.5) is 0 Å². The fourth-order valence-corrected chi connectivity index (χ4v) is 0. The Morgan fingerprint density at radius 2 is 1.14 bits per heavy atom. The SMILES string of the molecule is O=P([O-])([O-])[O-].[Co+2].[Pt+2]. The molecule has 0 heterocycles. The third kappa shape index (κ3) is 121. The van der Waals surface area contributed by atoms with Crippen LogP contribution in [0.5, 0.6) is 0 Å². The molecule has 0 aromatic carbocycles. The molecule has 0 atom stereocenters. The van der Waals surface area contributed by atoms with Gasteiger partial charge in [0.1, 0.15) is 0 Å². The average molecular weight is 349 g/mol. The number of hydrogen-bond donors (Lipinski definition) is 0. The van der Waals surface area contributed by atoms with Crippen LogP contribution in [0, 0.1) is 0 Å². The fraction of sp³-hybridized carbons (Fsp3) is 0. The second kappa shape index (κ2) is 5.44. The Labute approximate surface area is 65.0 Å². The van der Waals surface area contributed by atoms with E-state index >= 15 is 0 Å². The van der Waals surface area contributed by atoms with Crippen molar-refractivity contribution in [2.45, 2.75) is 0 Å². The summed E-state index contributed by atoms with van der Waals surface area (Å²) in [5.74, 6) is 0. The molecule has 7 heavy (non-hydrogen) atoms. The van der Waals surface area contributed by atoms with Gasteiger partial charge in [0.25, 0.3) is 0 Å². The Kier molecular flexibility index (Phi) is 12.2. The molecule has 0 rings (SSSR count). The summed E-state index contributed by atoms with van der Waals surface area (Å²) in [6.45, 7) is 0. The first-order valence-electron chi connectivity index (χ1n) is 0.730. The molecule has 7 heteroatoms. The summed E-state index contributed by atoms with van der Waals surface area (Å²) in [6.07, 6.45) is 0. The Bertz CT molecular complexity index is 57.8. The molecule has 0 fully saturated rings. The molecule has 0 spiro atoms. The van der Waals surface area contributed by atoms with E-state index in [-0.39, 0.29) is 37.8 Å². The molecule has 0 N–H and O–H groups in total. The van der Waals surface area contributed by atoms with Crippen molar-refractivity contribution in [3.05, 3.63) is 0 Å². The summed E-state index contributed by atoms with van der Waals surface area (Å²) in [7, 11) is -5.39. The summed E-state index contributed by atoms with van der Waals surface area (Å²) in [4.78, 5) is 25.6. The number of hydrogen-bond acceptors (Lipinski definition) is 4. The van der Waals surface area contributed by atoms with Crippen molar-refractivity contribution in [3.63, 3.8) is 0 Å². The van der Waals surface area contributed by atoms with Crippen molar-refractivity contribution >= 4 is 7.82 Å². The molecule has 0 saturated heterocycles. The third-order valence-electron chi connectivity index (χ3n) is 0. The molecular weight excluding hydrogens is 349 g/mol. The predicted octanol–water partition coefficient (Wildman–Crippen LogP) is -2.83. The molecular formula is CoO4PPt+. The largest absolute Gasteiger partial charge is 2.00 e. The number of rotatable bonds is 0. The maximum atomic E-state index is 8.55. The molecule has 0 unspecified atom stereocenters. The predicted molar refractivity (Wildman–Crippen MR) is 7.61 cm³/mol. The third-order valence-corrected chi connectivity index (χ3v) is 0. The van der Waals surface area contributed by atoms with E-state index in [0.717, 1.165) is 0 Å². The summed E-state index contributed by atoms with van der Waals surface area (Å²) >= 11 is 0. The molecule has 1 radical (unpaired) electrons. The van der Waals surface area contributed by atoms with Crippen LogP contribution in [-0.2, 0) is 42.4 Å². The van der Waals surface area contributed by atoms with Crippen molar-refractivity contribution in [2.24, 2.45) is 0 Å². The van der Waals surface area contributed by atoms with E-state index in [0.29, 0.717) is 0 Å². The summed E-state index contributed by atoms with van der Waals surface area (Å²) in [5, 5.41) is 0. The van der Waals surface area contributed by atoms with Gasteiger partial charge in [0.05, 0.1) is 0 Å². The Morgan fingerprint density at radius 1 is 1.14 bits per heavy atom. The normalized spacial score (nSPS) is 8.43. The first kappa shape index (κ1) is 15.7. The second-order valence-corrected chi connectivity index (χ2v) is 1.34. The minimum absolute atomic E-state index is 0. The van der Waals surface area contributed by atoms with Crippen LogP contribution in [-0.4, -0.2) is 0 Å². The van der Waals surface area contributed by atoms with Gasteiger partial charge in [-0.3, -0.25) is 0 Å². The Morgan fingerprint density at radius 3 is 1.14 bits per heavy atom. The Balaban J connectivity index is -0.0000000800. The van der Waals surface area contributed by atoms with Crippen LogP contribution in [0.2, 0.25) is 0 Å². The van der Waals surface area contributed by atoms with Crippen molar-refractivity contribution in [1.82, 2.24) is 0 Å². The van der Waals surface area contributed by atoms with Crippen molar-refractivity contribution in [1.29, 1.82) is 0 Å². The average Bonchev–Trinajstić information content (AvgIpc) is 0.722. The van der Waals surface area contributed by atoms with Gasteiger partial charge in [0.2, 0.25) is 0 Å². The van der Waals surface area contributed by atoms with Crippen LogP contribution in [0.1, 0.15) is 0 Å². The minimum Gasteiger partial charge on any atom is -0.822 e. The topological polar surface area (TPSA) is 86.2 Å².